The summed E-state index contributed by atoms with van der Waals surface area (Å²) >= 11 is 0. The van der Waals surface area contributed by atoms with Crippen molar-refractivity contribution in [1.82, 2.24) is 0 Å². The van der Waals surface area contributed by atoms with Gasteiger partial charge < -0.3 is 10.2 Å². The predicted octanol–water partition coefficient (Wildman–Crippen LogP) is 0.710. The fourth-order valence-corrected chi connectivity index (χ4v) is 0.639. The number of benzene rings is 1. The summed E-state index contributed by atoms with van der Waals surface area (Å²) in [7, 11) is 0. The minimum absolute atomic E-state index is 0. The zero-order chi connectivity index (χ0) is 7.56. The third kappa shape index (κ3) is 2.85. The summed E-state index contributed by atoms with van der Waals surface area (Å²) in [5, 5.41) is 17.2. The van der Waals surface area contributed by atoms with Crippen LogP contribution >= 0.6 is 0 Å². The standard InChI is InChI=1S/C7H6O3.Bi/c8-6-3-1-2-5(4-6)7(9)10;/h1-4,8H,(H,9,10);. The van der Waals surface area contributed by atoms with Gasteiger partial charge in [-0.3, -0.25) is 0 Å². The Hall–Kier alpha value is -0.627. The number of carboxylic acid groups (broad SMARTS) is 1. The molecule has 0 fully saturated rings. The van der Waals surface area contributed by atoms with E-state index in [-0.39, 0.29) is 37.5 Å². The van der Waals surface area contributed by atoms with Gasteiger partial charge in [-0.2, -0.15) is 0 Å². The quantitative estimate of drug-likeness (QED) is 0.736. The molecule has 57 valence electrons. The van der Waals surface area contributed by atoms with Crippen LogP contribution in [0.3, 0.4) is 0 Å². The molecule has 3 radical (unpaired) electrons. The Morgan fingerprint density at radius 1 is 1.36 bits per heavy atom. The molecule has 0 aliphatic heterocycles. The Morgan fingerprint density at radius 3 is 2.36 bits per heavy atom. The SMILES string of the molecule is O=C(O)c1cccc(O)c1.[Bi]. The molecule has 3 nitrogen and oxygen atoms in total. The van der Waals surface area contributed by atoms with Crippen LogP contribution in [0.5, 0.6) is 5.75 Å². The zero-order valence-corrected chi connectivity index (χ0v) is 9.04. The van der Waals surface area contributed by atoms with Crippen molar-refractivity contribution in [1.29, 1.82) is 0 Å². The van der Waals surface area contributed by atoms with Crippen LogP contribution in [-0.2, 0) is 0 Å². The minimum atomic E-state index is -1.03. The number of aromatic hydroxyl groups is 1. The van der Waals surface area contributed by atoms with Crippen LogP contribution in [0.15, 0.2) is 24.3 Å². The number of phenols is 1. The number of hydrogen-bond donors (Lipinski definition) is 2. The van der Waals surface area contributed by atoms with Crippen molar-refractivity contribution >= 4 is 32.2 Å². The Bertz CT molecular complexity index is 260. The van der Waals surface area contributed by atoms with E-state index in [0.717, 1.165) is 0 Å². The van der Waals surface area contributed by atoms with Gasteiger partial charge in [0.1, 0.15) is 5.75 Å². The van der Waals surface area contributed by atoms with E-state index in [2.05, 4.69) is 0 Å². The molecule has 0 aliphatic carbocycles. The van der Waals surface area contributed by atoms with Crippen molar-refractivity contribution in [3.05, 3.63) is 29.8 Å². The van der Waals surface area contributed by atoms with Crippen LogP contribution in [0, 0.1) is 0 Å². The second-order valence-electron chi connectivity index (χ2n) is 1.86. The molecule has 0 aromatic heterocycles. The van der Waals surface area contributed by atoms with Crippen molar-refractivity contribution in [2.24, 2.45) is 0 Å². The molecule has 1 aromatic rings. The molecule has 0 amide bonds. The van der Waals surface area contributed by atoms with Crippen LogP contribution in [0.4, 0.5) is 0 Å². The number of aromatic carboxylic acids is 1. The summed E-state index contributed by atoms with van der Waals surface area (Å²) < 4.78 is 0. The van der Waals surface area contributed by atoms with Gasteiger partial charge in [0.2, 0.25) is 0 Å². The van der Waals surface area contributed by atoms with Gasteiger partial charge in [-0.05, 0) is 18.2 Å². The number of phenolic OH excluding ortho intramolecular Hbond substituents is 1. The maximum atomic E-state index is 10.2. The van der Waals surface area contributed by atoms with Gasteiger partial charge in [0.05, 0.1) is 5.56 Å². The summed E-state index contributed by atoms with van der Waals surface area (Å²) in [5.74, 6) is -1.06. The normalized spacial score (nSPS) is 8.36. The Labute approximate surface area is 82.8 Å². The number of carboxylic acids is 1. The summed E-state index contributed by atoms with van der Waals surface area (Å²) in [6.45, 7) is 0. The van der Waals surface area contributed by atoms with E-state index in [0.29, 0.717) is 0 Å². The van der Waals surface area contributed by atoms with E-state index in [9.17, 15) is 4.79 Å². The Morgan fingerprint density at radius 2 is 2.00 bits per heavy atom. The monoisotopic (exact) mass is 347 g/mol. The second kappa shape index (κ2) is 4.29. The molecule has 0 aliphatic rings. The first-order valence-corrected chi connectivity index (χ1v) is 2.72. The maximum absolute atomic E-state index is 10.2. The molecule has 0 heterocycles. The number of carbonyl (C=O) groups is 1. The van der Waals surface area contributed by atoms with E-state index in [1.54, 1.807) is 0 Å². The molecule has 0 saturated heterocycles. The molecule has 0 atom stereocenters. The number of rotatable bonds is 1. The average Bonchev–Trinajstić information content (AvgIpc) is 1.88. The van der Waals surface area contributed by atoms with Crippen molar-refractivity contribution in [3.8, 4) is 5.75 Å². The van der Waals surface area contributed by atoms with Gasteiger partial charge in [0.25, 0.3) is 0 Å². The average molecular weight is 347 g/mol. The van der Waals surface area contributed by atoms with E-state index in [4.69, 9.17) is 10.2 Å². The fourth-order valence-electron chi connectivity index (χ4n) is 0.639. The van der Waals surface area contributed by atoms with Crippen molar-refractivity contribution in [2.75, 3.05) is 0 Å². The third-order valence-corrected chi connectivity index (χ3v) is 1.09. The van der Waals surface area contributed by atoms with Crippen LogP contribution in [-0.4, -0.2) is 42.4 Å². The topological polar surface area (TPSA) is 57.5 Å². The molecule has 0 unspecified atom stereocenters. The zero-order valence-electron chi connectivity index (χ0n) is 5.56. The van der Waals surface area contributed by atoms with E-state index < -0.39 is 5.97 Å². The Balaban J connectivity index is 0.000001000. The third-order valence-electron chi connectivity index (χ3n) is 1.09. The molecule has 4 heteroatoms. The fraction of sp³-hybridized carbons (Fsp3) is 0. The largest absolute Gasteiger partial charge is 0.508 e. The molecule has 1 aromatic carbocycles. The van der Waals surface area contributed by atoms with Crippen molar-refractivity contribution in [3.63, 3.8) is 0 Å². The molecule has 11 heavy (non-hydrogen) atoms. The molecular weight excluding hydrogens is 341 g/mol. The van der Waals surface area contributed by atoms with Gasteiger partial charge >= 0.3 is 5.97 Å². The maximum Gasteiger partial charge on any atom is 0.335 e. The van der Waals surface area contributed by atoms with Gasteiger partial charge in [-0.1, -0.05) is 6.07 Å². The predicted molar refractivity (Wildman–Crippen MR) is 40.8 cm³/mol. The van der Waals surface area contributed by atoms with Gasteiger partial charge in [0.15, 0.2) is 0 Å². The Kier molecular flexibility index (Phi) is 4.05. The number of hydrogen-bond acceptors (Lipinski definition) is 2. The molecule has 0 bridgehead atoms. The van der Waals surface area contributed by atoms with Gasteiger partial charge in [0, 0.05) is 26.2 Å². The molecular formula is C7H6BiO3. The molecule has 0 saturated carbocycles. The molecule has 0 spiro atoms. The first-order valence-electron chi connectivity index (χ1n) is 2.72. The molecule has 1 rings (SSSR count). The summed E-state index contributed by atoms with van der Waals surface area (Å²) in [4.78, 5) is 10.2. The van der Waals surface area contributed by atoms with Crippen LogP contribution in [0.1, 0.15) is 10.4 Å². The van der Waals surface area contributed by atoms with Gasteiger partial charge in [-0.25, -0.2) is 4.79 Å². The van der Waals surface area contributed by atoms with Gasteiger partial charge in [-0.15, -0.1) is 0 Å². The first kappa shape index (κ1) is 10.4. The summed E-state index contributed by atoms with van der Waals surface area (Å²) in [6.07, 6.45) is 0. The summed E-state index contributed by atoms with van der Waals surface area (Å²) in [5.41, 5.74) is 0.0972. The van der Waals surface area contributed by atoms with Crippen LogP contribution < -0.4 is 0 Å². The van der Waals surface area contributed by atoms with E-state index in [1.165, 1.54) is 24.3 Å². The second-order valence-corrected chi connectivity index (χ2v) is 1.86. The van der Waals surface area contributed by atoms with Crippen LogP contribution in [0.2, 0.25) is 0 Å². The summed E-state index contributed by atoms with van der Waals surface area (Å²) in [6, 6.07) is 5.52. The minimum Gasteiger partial charge on any atom is -0.508 e. The van der Waals surface area contributed by atoms with E-state index in [1.807, 2.05) is 0 Å². The van der Waals surface area contributed by atoms with Crippen molar-refractivity contribution in [2.45, 2.75) is 0 Å². The van der Waals surface area contributed by atoms with Crippen molar-refractivity contribution < 1.29 is 15.0 Å². The first-order chi connectivity index (χ1) is 4.70. The van der Waals surface area contributed by atoms with E-state index >= 15 is 0 Å². The smallest absolute Gasteiger partial charge is 0.335 e. The molecule has 2 N–H and O–H groups in total. The van der Waals surface area contributed by atoms with Crippen LogP contribution in [0.25, 0.3) is 0 Å².